The monoisotopic (exact) mass is 282 g/mol. The van der Waals surface area contributed by atoms with Crippen molar-refractivity contribution in [3.63, 3.8) is 0 Å². The molecule has 0 aromatic heterocycles. The van der Waals surface area contributed by atoms with E-state index in [4.69, 9.17) is 4.74 Å². The summed E-state index contributed by atoms with van der Waals surface area (Å²) in [6, 6.07) is 2.68. The summed E-state index contributed by atoms with van der Waals surface area (Å²) in [4.78, 5) is 0. The quantitative estimate of drug-likeness (QED) is 0.718. The van der Waals surface area contributed by atoms with E-state index in [1.165, 1.54) is 19.2 Å². The van der Waals surface area contributed by atoms with Gasteiger partial charge in [0, 0.05) is 10.5 Å². The third-order valence-corrected chi connectivity index (χ3v) is 3.15. The Labute approximate surface area is 80.8 Å². The smallest absolute Gasteiger partial charge is 0.137 e. The molecule has 0 radical (unpaired) electrons. The molecule has 1 aromatic rings. The standard InChI is InChI=1S/C7H5Br2FO/c1-11-6-3-4(10)2-5(8)7(6)9/h2-3H,1H3. The van der Waals surface area contributed by atoms with Gasteiger partial charge in [-0.2, -0.15) is 0 Å². The molecule has 0 aliphatic rings. The maximum atomic E-state index is 12.7. The predicted octanol–water partition coefficient (Wildman–Crippen LogP) is 3.36. The molecule has 0 amide bonds. The Balaban J connectivity index is 3.24. The van der Waals surface area contributed by atoms with E-state index < -0.39 is 0 Å². The summed E-state index contributed by atoms with van der Waals surface area (Å²) in [5, 5.41) is 0. The van der Waals surface area contributed by atoms with Crippen molar-refractivity contribution >= 4 is 31.9 Å². The number of hydrogen-bond acceptors (Lipinski definition) is 1. The Morgan fingerprint density at radius 3 is 2.55 bits per heavy atom. The summed E-state index contributed by atoms with van der Waals surface area (Å²) >= 11 is 6.41. The second-order valence-corrected chi connectivity index (χ2v) is 3.55. The van der Waals surface area contributed by atoms with Crippen LogP contribution in [-0.4, -0.2) is 7.11 Å². The van der Waals surface area contributed by atoms with Crippen molar-refractivity contribution in [3.05, 3.63) is 26.9 Å². The minimum absolute atomic E-state index is 0.322. The molecular weight excluding hydrogens is 279 g/mol. The van der Waals surface area contributed by atoms with Gasteiger partial charge in [-0.3, -0.25) is 0 Å². The summed E-state index contributed by atoms with van der Waals surface area (Å²) < 4.78 is 18.9. The van der Waals surface area contributed by atoms with Crippen LogP contribution in [0.25, 0.3) is 0 Å². The first-order valence-corrected chi connectivity index (χ1v) is 4.42. The molecule has 0 aliphatic heterocycles. The Morgan fingerprint density at radius 1 is 1.36 bits per heavy atom. The van der Waals surface area contributed by atoms with Crippen LogP contribution in [0.5, 0.6) is 5.75 Å². The lowest BCUT2D eigenvalue weighted by Gasteiger charge is -2.03. The molecule has 0 N–H and O–H groups in total. The maximum Gasteiger partial charge on any atom is 0.137 e. The zero-order chi connectivity index (χ0) is 8.43. The van der Waals surface area contributed by atoms with Gasteiger partial charge in [-0.25, -0.2) is 4.39 Å². The molecule has 0 fully saturated rings. The zero-order valence-electron chi connectivity index (χ0n) is 5.70. The third-order valence-electron chi connectivity index (χ3n) is 1.18. The van der Waals surface area contributed by atoms with Crippen LogP contribution in [0.2, 0.25) is 0 Å². The normalized spacial score (nSPS) is 9.82. The van der Waals surface area contributed by atoms with Crippen LogP contribution in [0.3, 0.4) is 0 Å². The van der Waals surface area contributed by atoms with Crippen molar-refractivity contribution in [3.8, 4) is 5.75 Å². The van der Waals surface area contributed by atoms with Gasteiger partial charge in [-0.1, -0.05) is 0 Å². The van der Waals surface area contributed by atoms with E-state index in [1.807, 2.05) is 0 Å². The van der Waals surface area contributed by atoms with E-state index in [1.54, 1.807) is 0 Å². The number of halogens is 3. The number of rotatable bonds is 1. The van der Waals surface area contributed by atoms with Crippen molar-refractivity contribution in [1.29, 1.82) is 0 Å². The van der Waals surface area contributed by atoms with Crippen molar-refractivity contribution in [1.82, 2.24) is 0 Å². The highest BCUT2D eigenvalue weighted by atomic mass is 79.9. The summed E-state index contributed by atoms with van der Waals surface area (Å²) in [5.74, 6) is 0.161. The molecule has 0 atom stereocenters. The molecule has 4 heteroatoms. The van der Waals surface area contributed by atoms with Gasteiger partial charge in [-0.15, -0.1) is 0 Å². The van der Waals surface area contributed by atoms with Crippen LogP contribution in [-0.2, 0) is 0 Å². The summed E-state index contributed by atoms with van der Waals surface area (Å²) in [6.45, 7) is 0. The molecule has 0 unspecified atom stereocenters. The second kappa shape index (κ2) is 3.54. The van der Waals surface area contributed by atoms with Crippen LogP contribution >= 0.6 is 31.9 Å². The second-order valence-electron chi connectivity index (χ2n) is 1.90. The van der Waals surface area contributed by atoms with E-state index in [-0.39, 0.29) is 5.82 Å². The van der Waals surface area contributed by atoms with Gasteiger partial charge < -0.3 is 4.74 Å². The number of hydrogen-bond donors (Lipinski definition) is 0. The van der Waals surface area contributed by atoms with Crippen molar-refractivity contribution < 1.29 is 9.13 Å². The van der Waals surface area contributed by atoms with E-state index in [2.05, 4.69) is 31.9 Å². The highest BCUT2D eigenvalue weighted by Crippen LogP contribution is 2.33. The molecule has 0 aliphatic carbocycles. The Bertz CT molecular complexity index is 275. The lowest BCUT2D eigenvalue weighted by molar-refractivity contribution is 0.408. The molecule has 1 rings (SSSR count). The molecule has 60 valence electrons. The molecule has 1 aromatic carbocycles. The van der Waals surface area contributed by atoms with E-state index in [0.29, 0.717) is 10.2 Å². The number of methoxy groups -OCH3 is 1. The fourth-order valence-corrected chi connectivity index (χ4v) is 1.49. The molecule has 0 heterocycles. The van der Waals surface area contributed by atoms with Crippen molar-refractivity contribution in [2.45, 2.75) is 0 Å². The van der Waals surface area contributed by atoms with Gasteiger partial charge in [0.25, 0.3) is 0 Å². The largest absolute Gasteiger partial charge is 0.495 e. The van der Waals surface area contributed by atoms with Crippen molar-refractivity contribution in [2.75, 3.05) is 7.11 Å². The number of benzene rings is 1. The topological polar surface area (TPSA) is 9.23 Å². The first kappa shape index (κ1) is 9.00. The van der Waals surface area contributed by atoms with Gasteiger partial charge in [0.1, 0.15) is 11.6 Å². The van der Waals surface area contributed by atoms with Crippen LogP contribution in [0.4, 0.5) is 4.39 Å². The molecule has 1 nitrogen and oxygen atoms in total. The first-order valence-electron chi connectivity index (χ1n) is 2.83. The van der Waals surface area contributed by atoms with Gasteiger partial charge in [0.05, 0.1) is 11.6 Å². The molecule has 0 saturated heterocycles. The summed E-state index contributed by atoms with van der Waals surface area (Å²) in [6.07, 6.45) is 0. The summed E-state index contributed by atoms with van der Waals surface area (Å²) in [7, 11) is 1.49. The van der Waals surface area contributed by atoms with Crippen LogP contribution in [0, 0.1) is 5.82 Å². The average Bonchev–Trinajstić information content (AvgIpc) is 1.96. The van der Waals surface area contributed by atoms with Gasteiger partial charge in [0.15, 0.2) is 0 Å². The fourth-order valence-electron chi connectivity index (χ4n) is 0.681. The minimum atomic E-state index is -0.322. The fraction of sp³-hybridized carbons (Fsp3) is 0.143. The Kier molecular flexibility index (Phi) is 2.90. The zero-order valence-corrected chi connectivity index (χ0v) is 8.87. The molecular formula is C7H5Br2FO. The van der Waals surface area contributed by atoms with E-state index in [9.17, 15) is 4.39 Å². The van der Waals surface area contributed by atoms with Crippen LogP contribution in [0.15, 0.2) is 21.1 Å². The molecule has 0 bridgehead atoms. The van der Waals surface area contributed by atoms with Crippen molar-refractivity contribution in [2.24, 2.45) is 0 Å². The first-order chi connectivity index (χ1) is 5.15. The number of ether oxygens (including phenoxy) is 1. The SMILES string of the molecule is COc1cc(F)cc(Br)c1Br. The Hall–Kier alpha value is -0.0900. The van der Waals surface area contributed by atoms with E-state index >= 15 is 0 Å². The molecule has 0 spiro atoms. The molecule has 11 heavy (non-hydrogen) atoms. The van der Waals surface area contributed by atoms with Crippen LogP contribution in [0.1, 0.15) is 0 Å². The van der Waals surface area contributed by atoms with E-state index in [0.717, 1.165) is 4.47 Å². The van der Waals surface area contributed by atoms with Gasteiger partial charge in [-0.05, 0) is 37.9 Å². The Morgan fingerprint density at radius 2 is 2.00 bits per heavy atom. The predicted molar refractivity (Wildman–Crippen MR) is 48.4 cm³/mol. The van der Waals surface area contributed by atoms with Gasteiger partial charge >= 0.3 is 0 Å². The lowest BCUT2D eigenvalue weighted by Crippen LogP contribution is -1.86. The highest BCUT2D eigenvalue weighted by molar-refractivity contribution is 9.13. The molecule has 0 saturated carbocycles. The summed E-state index contributed by atoms with van der Waals surface area (Å²) in [5.41, 5.74) is 0. The highest BCUT2D eigenvalue weighted by Gasteiger charge is 2.05. The average molecular weight is 284 g/mol. The lowest BCUT2D eigenvalue weighted by atomic mass is 10.3. The van der Waals surface area contributed by atoms with Crippen LogP contribution < -0.4 is 4.74 Å². The maximum absolute atomic E-state index is 12.7. The minimum Gasteiger partial charge on any atom is -0.495 e. The van der Waals surface area contributed by atoms with Gasteiger partial charge in [0.2, 0.25) is 0 Å². The third kappa shape index (κ3) is 1.93.